The number of piperidine rings is 1. The van der Waals surface area contributed by atoms with E-state index < -0.39 is 11.7 Å². The molecule has 2 aliphatic rings. The fraction of sp³-hybridized carbons (Fsp3) is 0.625. The zero-order valence-electron chi connectivity index (χ0n) is 19.4. The van der Waals surface area contributed by atoms with Crippen LogP contribution in [0.25, 0.3) is 0 Å². The number of hydrogen-bond acceptors (Lipinski definition) is 3. The Morgan fingerprint density at radius 3 is 2.44 bits per heavy atom. The first kappa shape index (κ1) is 24.6. The van der Waals surface area contributed by atoms with E-state index in [1.165, 1.54) is 0 Å². The summed E-state index contributed by atoms with van der Waals surface area (Å²) < 4.78 is 41.4. The fourth-order valence-electron chi connectivity index (χ4n) is 4.65. The summed E-state index contributed by atoms with van der Waals surface area (Å²) in [6.07, 6.45) is 0.254. The van der Waals surface area contributed by atoms with E-state index in [4.69, 9.17) is 0 Å². The maximum Gasteiger partial charge on any atom is 0.416 e. The number of allylic oxidation sites excluding steroid dienone is 4. The molecular formula is C24H34F3N3O2. The second-order valence-electron chi connectivity index (χ2n) is 9.76. The Kier molecular flexibility index (Phi) is 7.25. The summed E-state index contributed by atoms with van der Waals surface area (Å²) in [6, 6.07) is 2.14. The quantitative estimate of drug-likeness (QED) is 0.684. The van der Waals surface area contributed by atoms with Gasteiger partial charge in [-0.3, -0.25) is 4.79 Å². The van der Waals surface area contributed by atoms with Gasteiger partial charge in [0.05, 0.1) is 17.7 Å². The van der Waals surface area contributed by atoms with Gasteiger partial charge in [0, 0.05) is 48.2 Å². The molecule has 1 saturated heterocycles. The van der Waals surface area contributed by atoms with Crippen molar-refractivity contribution in [3.63, 3.8) is 0 Å². The molecule has 0 bridgehead atoms. The molecule has 0 aromatic carbocycles. The number of nitrogens with one attached hydrogen (secondary N) is 1. The van der Waals surface area contributed by atoms with E-state index in [0.29, 0.717) is 24.2 Å². The Morgan fingerprint density at radius 1 is 1.22 bits per heavy atom. The Balaban J connectivity index is 1.86. The lowest BCUT2D eigenvalue weighted by atomic mass is 9.91. The highest BCUT2D eigenvalue weighted by atomic mass is 19.4. The standard InChI is InChI=1S/C24H34F3N3O2/c1-16-20(22(32)28-18-7-5-6-17(14-18)24(25,26)27)15-21(23(2,3)4)30(16)19-8-10-29(11-9-19)12-13-31/h6,14-15,19,31H,5,7-13H2,1-4H3,(H,28,32). The van der Waals surface area contributed by atoms with Crippen molar-refractivity contribution < 1.29 is 23.1 Å². The summed E-state index contributed by atoms with van der Waals surface area (Å²) in [6.45, 7) is 10.8. The first-order valence-corrected chi connectivity index (χ1v) is 11.3. The van der Waals surface area contributed by atoms with Crippen molar-refractivity contribution in [3.05, 3.63) is 46.4 Å². The Labute approximate surface area is 188 Å². The third-order valence-electron chi connectivity index (χ3n) is 6.35. The van der Waals surface area contributed by atoms with E-state index in [9.17, 15) is 23.1 Å². The third kappa shape index (κ3) is 5.46. The summed E-state index contributed by atoms with van der Waals surface area (Å²) in [4.78, 5) is 15.3. The predicted octanol–water partition coefficient (Wildman–Crippen LogP) is 4.62. The van der Waals surface area contributed by atoms with Crippen molar-refractivity contribution in [1.29, 1.82) is 0 Å². The first-order chi connectivity index (χ1) is 14.9. The van der Waals surface area contributed by atoms with Crippen LogP contribution in [0.3, 0.4) is 0 Å². The van der Waals surface area contributed by atoms with Crippen LogP contribution in [0.4, 0.5) is 13.2 Å². The van der Waals surface area contributed by atoms with Crippen molar-refractivity contribution >= 4 is 5.91 Å². The lowest BCUT2D eigenvalue weighted by Gasteiger charge is -2.35. The number of carbonyl (C=O) groups excluding carboxylic acids is 1. The van der Waals surface area contributed by atoms with Gasteiger partial charge in [0.25, 0.3) is 5.91 Å². The topological polar surface area (TPSA) is 57.5 Å². The molecule has 1 fully saturated rings. The number of likely N-dealkylation sites (tertiary alicyclic amines) is 1. The molecule has 0 unspecified atom stereocenters. The van der Waals surface area contributed by atoms with Gasteiger partial charge < -0.3 is 19.9 Å². The normalized spacial score (nSPS) is 19.0. The molecule has 2 heterocycles. The van der Waals surface area contributed by atoms with Gasteiger partial charge in [-0.05, 0) is 44.7 Å². The number of nitrogens with zero attached hydrogens (tertiary/aromatic N) is 2. The van der Waals surface area contributed by atoms with Gasteiger partial charge in [0.1, 0.15) is 0 Å². The van der Waals surface area contributed by atoms with E-state index in [1.807, 2.05) is 13.0 Å². The second-order valence-corrected chi connectivity index (χ2v) is 9.76. The number of halogens is 3. The van der Waals surface area contributed by atoms with Crippen molar-refractivity contribution in [2.24, 2.45) is 0 Å². The van der Waals surface area contributed by atoms with Crippen molar-refractivity contribution in [2.75, 3.05) is 26.2 Å². The molecule has 1 aromatic heterocycles. The highest BCUT2D eigenvalue weighted by Gasteiger charge is 2.34. The number of alkyl halides is 3. The monoisotopic (exact) mass is 453 g/mol. The minimum atomic E-state index is -4.42. The van der Waals surface area contributed by atoms with Crippen molar-refractivity contribution in [2.45, 2.75) is 71.0 Å². The minimum absolute atomic E-state index is 0.145. The molecule has 1 aliphatic carbocycles. The SMILES string of the molecule is Cc1c(C(=O)NC2=CC(C(F)(F)F)=CCC2)cc(C(C)(C)C)n1C1CCN(CCO)CC1. The average Bonchev–Trinajstić information content (AvgIpc) is 3.06. The Hall–Kier alpha value is -2.06. The predicted molar refractivity (Wildman–Crippen MR) is 119 cm³/mol. The van der Waals surface area contributed by atoms with Crippen LogP contribution in [0.1, 0.15) is 74.2 Å². The third-order valence-corrected chi connectivity index (χ3v) is 6.35. The summed E-state index contributed by atoms with van der Waals surface area (Å²) in [5, 5.41) is 11.9. The number of carbonyl (C=O) groups is 1. The molecule has 0 atom stereocenters. The zero-order chi connectivity index (χ0) is 23.7. The smallest absolute Gasteiger partial charge is 0.395 e. The molecule has 1 aromatic rings. The Bertz CT molecular complexity index is 899. The molecule has 5 nitrogen and oxygen atoms in total. The van der Waals surface area contributed by atoms with Crippen LogP contribution in [-0.2, 0) is 5.41 Å². The summed E-state index contributed by atoms with van der Waals surface area (Å²) >= 11 is 0. The van der Waals surface area contributed by atoms with Crippen LogP contribution < -0.4 is 5.32 Å². The van der Waals surface area contributed by atoms with Gasteiger partial charge in [-0.2, -0.15) is 13.2 Å². The summed E-state index contributed by atoms with van der Waals surface area (Å²) in [5.41, 5.74) is 1.80. The highest BCUT2D eigenvalue weighted by molar-refractivity contribution is 5.97. The van der Waals surface area contributed by atoms with Crippen LogP contribution >= 0.6 is 0 Å². The zero-order valence-corrected chi connectivity index (χ0v) is 19.4. The molecule has 1 aliphatic heterocycles. The summed E-state index contributed by atoms with van der Waals surface area (Å²) in [7, 11) is 0. The molecule has 0 saturated carbocycles. The maximum absolute atomic E-state index is 13.1. The van der Waals surface area contributed by atoms with Crippen LogP contribution in [0.15, 0.2) is 29.5 Å². The van der Waals surface area contributed by atoms with Crippen molar-refractivity contribution in [3.8, 4) is 0 Å². The molecular weight excluding hydrogens is 419 g/mol. The van der Waals surface area contributed by atoms with Crippen LogP contribution in [0.2, 0.25) is 0 Å². The molecule has 0 radical (unpaired) electrons. The van der Waals surface area contributed by atoms with Gasteiger partial charge in [-0.15, -0.1) is 0 Å². The van der Waals surface area contributed by atoms with Gasteiger partial charge in [-0.25, -0.2) is 0 Å². The number of aliphatic hydroxyl groups is 1. The van der Waals surface area contributed by atoms with Crippen molar-refractivity contribution in [1.82, 2.24) is 14.8 Å². The number of aromatic nitrogens is 1. The maximum atomic E-state index is 13.1. The van der Waals surface area contributed by atoms with Crippen LogP contribution in [-0.4, -0.2) is 52.9 Å². The van der Waals surface area contributed by atoms with E-state index in [0.717, 1.165) is 49.5 Å². The molecule has 32 heavy (non-hydrogen) atoms. The lowest BCUT2D eigenvalue weighted by Crippen LogP contribution is -2.37. The molecule has 3 rings (SSSR count). The van der Waals surface area contributed by atoms with Crippen LogP contribution in [0.5, 0.6) is 0 Å². The number of β-amino-alcohol motifs (C(OH)–C–C–N with tert-alkyl or cyclic N) is 1. The Morgan fingerprint density at radius 2 is 1.88 bits per heavy atom. The second kappa shape index (κ2) is 9.43. The number of amides is 1. The lowest BCUT2D eigenvalue weighted by molar-refractivity contribution is -0.0887. The van der Waals surface area contributed by atoms with E-state index in [-0.39, 0.29) is 30.4 Å². The molecule has 1 amide bonds. The van der Waals surface area contributed by atoms with E-state index in [1.54, 1.807) is 0 Å². The molecule has 8 heteroatoms. The van der Waals surface area contributed by atoms with Gasteiger partial charge in [-0.1, -0.05) is 26.8 Å². The van der Waals surface area contributed by atoms with E-state index >= 15 is 0 Å². The molecule has 0 spiro atoms. The number of aliphatic hydroxyl groups excluding tert-OH is 1. The molecule has 2 N–H and O–H groups in total. The summed E-state index contributed by atoms with van der Waals surface area (Å²) in [5.74, 6) is -0.362. The highest BCUT2D eigenvalue weighted by Crippen LogP contribution is 2.35. The average molecular weight is 454 g/mol. The largest absolute Gasteiger partial charge is 0.416 e. The molecule has 178 valence electrons. The number of hydrogen-bond donors (Lipinski definition) is 2. The number of rotatable bonds is 5. The van der Waals surface area contributed by atoms with Gasteiger partial charge in [0.15, 0.2) is 0 Å². The van der Waals surface area contributed by atoms with Crippen LogP contribution in [0, 0.1) is 6.92 Å². The minimum Gasteiger partial charge on any atom is -0.395 e. The fourth-order valence-corrected chi connectivity index (χ4v) is 4.65. The van der Waals surface area contributed by atoms with E-state index in [2.05, 4.69) is 35.6 Å². The first-order valence-electron chi connectivity index (χ1n) is 11.3. The van der Waals surface area contributed by atoms with Gasteiger partial charge >= 0.3 is 6.18 Å². The van der Waals surface area contributed by atoms with Gasteiger partial charge in [0.2, 0.25) is 0 Å².